The van der Waals surface area contributed by atoms with Gasteiger partial charge in [-0.25, -0.2) is 0 Å². The number of fused-ring (bicyclic) bond motifs is 1. The highest BCUT2D eigenvalue weighted by Crippen LogP contribution is 2.41. The van der Waals surface area contributed by atoms with E-state index in [2.05, 4.69) is 18.2 Å². The van der Waals surface area contributed by atoms with E-state index in [1.54, 1.807) is 6.07 Å². The summed E-state index contributed by atoms with van der Waals surface area (Å²) in [6.45, 7) is 6.03. The number of unbranched alkanes of at least 4 members (excludes halogenated alkanes) is 2. The minimum absolute atomic E-state index is 0.145. The molecule has 0 aliphatic heterocycles. The molecule has 0 amide bonds. The summed E-state index contributed by atoms with van der Waals surface area (Å²) in [6, 6.07) is 12.9. The average Bonchev–Trinajstić information content (AvgIpc) is 3.08. The maximum Gasteiger partial charge on any atom is 0.573 e. The van der Waals surface area contributed by atoms with Crippen molar-refractivity contribution < 1.29 is 22.6 Å². The molecule has 0 bridgehead atoms. The number of alkyl halides is 3. The van der Waals surface area contributed by atoms with E-state index < -0.39 is 6.36 Å². The second-order valence-corrected chi connectivity index (χ2v) is 7.88. The number of hydrogen-bond acceptors (Lipinski definition) is 3. The minimum Gasteiger partial charge on any atom is -0.497 e. The van der Waals surface area contributed by atoms with E-state index in [-0.39, 0.29) is 5.75 Å². The quantitative estimate of drug-likeness (QED) is 0.259. The summed E-state index contributed by atoms with van der Waals surface area (Å²) < 4.78 is 49.6. The van der Waals surface area contributed by atoms with E-state index in [1.165, 1.54) is 23.7 Å². The van der Waals surface area contributed by atoms with Crippen molar-refractivity contribution in [2.24, 2.45) is 0 Å². The lowest BCUT2D eigenvalue weighted by Gasteiger charge is -2.14. The number of rotatable bonds is 9. The number of hydrogen-bond donors (Lipinski definition) is 0. The van der Waals surface area contributed by atoms with Crippen LogP contribution in [-0.4, -0.2) is 6.36 Å². The first-order valence-electron chi connectivity index (χ1n) is 9.53. The summed E-state index contributed by atoms with van der Waals surface area (Å²) in [7, 11) is 0. The average molecular weight is 420 g/mol. The lowest BCUT2D eigenvalue weighted by Crippen LogP contribution is -2.17. The van der Waals surface area contributed by atoms with Crippen molar-refractivity contribution in [1.29, 1.82) is 0 Å². The lowest BCUT2D eigenvalue weighted by atomic mass is 10.0. The highest BCUT2D eigenvalue weighted by Gasteiger charge is 2.32. The van der Waals surface area contributed by atoms with E-state index in [0.29, 0.717) is 12.2 Å². The Morgan fingerprint density at radius 3 is 2.55 bits per heavy atom. The van der Waals surface area contributed by atoms with E-state index in [0.717, 1.165) is 51.8 Å². The Hall–Kier alpha value is -2.47. The van der Waals surface area contributed by atoms with Gasteiger partial charge in [0.05, 0.1) is 6.26 Å². The second kappa shape index (κ2) is 9.35. The molecule has 6 heteroatoms. The highest BCUT2D eigenvalue weighted by molar-refractivity contribution is 7.22. The van der Waals surface area contributed by atoms with Crippen LogP contribution in [0.3, 0.4) is 0 Å². The Balaban J connectivity index is 1.95. The van der Waals surface area contributed by atoms with Gasteiger partial charge in [0.15, 0.2) is 0 Å². The Kier molecular flexibility index (Phi) is 6.85. The van der Waals surface area contributed by atoms with Crippen LogP contribution in [-0.2, 0) is 17.8 Å². The van der Waals surface area contributed by atoms with Crippen LogP contribution in [0.15, 0.2) is 55.3 Å². The van der Waals surface area contributed by atoms with Gasteiger partial charge in [0, 0.05) is 15.1 Å². The normalized spacial score (nSPS) is 11.6. The highest BCUT2D eigenvalue weighted by atomic mass is 32.1. The van der Waals surface area contributed by atoms with Gasteiger partial charge in [0.2, 0.25) is 0 Å². The standard InChI is InChI=1S/C23H23F3O2S/c1-3-5-6-7-16-9-11-19(20(12-16)28-23(24,25)26)22-14-18-10-8-17(15-27-4-2)13-21(18)29-22/h4,8-14H,2-3,5-7,15H2,1H3. The maximum absolute atomic E-state index is 13.0. The number of ether oxygens (including phenoxy) is 2. The van der Waals surface area contributed by atoms with E-state index in [1.807, 2.05) is 30.3 Å². The molecule has 0 saturated heterocycles. The molecule has 0 spiro atoms. The van der Waals surface area contributed by atoms with Gasteiger partial charge in [-0.05, 0) is 53.6 Å². The van der Waals surface area contributed by atoms with Crippen molar-refractivity contribution in [3.8, 4) is 16.2 Å². The molecular weight excluding hydrogens is 397 g/mol. The zero-order chi connectivity index (χ0) is 20.9. The van der Waals surface area contributed by atoms with Gasteiger partial charge in [-0.1, -0.05) is 44.5 Å². The lowest BCUT2D eigenvalue weighted by molar-refractivity contribution is -0.274. The van der Waals surface area contributed by atoms with Gasteiger partial charge in [-0.2, -0.15) is 0 Å². The fourth-order valence-corrected chi connectivity index (χ4v) is 4.32. The van der Waals surface area contributed by atoms with Crippen LogP contribution in [0.5, 0.6) is 5.75 Å². The molecule has 29 heavy (non-hydrogen) atoms. The van der Waals surface area contributed by atoms with Crippen LogP contribution in [0.2, 0.25) is 0 Å². The van der Waals surface area contributed by atoms with Gasteiger partial charge < -0.3 is 9.47 Å². The third-order valence-electron chi connectivity index (χ3n) is 4.56. The number of aryl methyl sites for hydroxylation is 1. The smallest absolute Gasteiger partial charge is 0.497 e. The molecule has 0 atom stereocenters. The Morgan fingerprint density at radius 1 is 1.03 bits per heavy atom. The molecule has 0 saturated carbocycles. The van der Waals surface area contributed by atoms with Crippen LogP contribution in [0, 0.1) is 0 Å². The largest absolute Gasteiger partial charge is 0.573 e. The molecule has 2 nitrogen and oxygen atoms in total. The number of thiophene rings is 1. The third kappa shape index (κ3) is 5.76. The fourth-order valence-electron chi connectivity index (χ4n) is 3.17. The van der Waals surface area contributed by atoms with E-state index in [9.17, 15) is 13.2 Å². The number of halogens is 3. The molecule has 0 radical (unpaired) electrons. The molecule has 1 aromatic heterocycles. The van der Waals surface area contributed by atoms with Gasteiger partial charge in [-0.15, -0.1) is 24.5 Å². The van der Waals surface area contributed by atoms with Crippen LogP contribution in [0.25, 0.3) is 20.5 Å². The first kappa shape index (κ1) is 21.2. The molecule has 0 N–H and O–H groups in total. The topological polar surface area (TPSA) is 18.5 Å². The SMILES string of the molecule is C=COCc1ccc2cc(-c3ccc(CCCCC)cc3OC(F)(F)F)sc2c1. The minimum atomic E-state index is -4.73. The van der Waals surface area contributed by atoms with Crippen molar-refractivity contribution in [2.75, 3.05) is 0 Å². The van der Waals surface area contributed by atoms with Gasteiger partial charge in [-0.3, -0.25) is 0 Å². The Morgan fingerprint density at radius 2 is 1.83 bits per heavy atom. The van der Waals surface area contributed by atoms with E-state index in [4.69, 9.17) is 4.74 Å². The predicted molar refractivity (Wildman–Crippen MR) is 112 cm³/mol. The molecule has 3 rings (SSSR count). The molecular formula is C23H23F3O2S. The van der Waals surface area contributed by atoms with Crippen LogP contribution in [0.4, 0.5) is 13.2 Å². The van der Waals surface area contributed by atoms with Crippen molar-refractivity contribution in [3.63, 3.8) is 0 Å². The van der Waals surface area contributed by atoms with Crippen molar-refractivity contribution >= 4 is 21.4 Å². The van der Waals surface area contributed by atoms with Crippen LogP contribution >= 0.6 is 11.3 Å². The molecule has 0 fully saturated rings. The molecule has 154 valence electrons. The molecule has 3 aromatic rings. The van der Waals surface area contributed by atoms with Gasteiger partial charge in [0.1, 0.15) is 12.4 Å². The van der Waals surface area contributed by atoms with Crippen molar-refractivity contribution in [2.45, 2.75) is 45.6 Å². The monoisotopic (exact) mass is 420 g/mol. The summed E-state index contributed by atoms with van der Waals surface area (Å²) in [5.41, 5.74) is 2.28. The van der Waals surface area contributed by atoms with E-state index >= 15 is 0 Å². The molecule has 2 aromatic carbocycles. The zero-order valence-electron chi connectivity index (χ0n) is 16.2. The molecule has 0 aliphatic carbocycles. The van der Waals surface area contributed by atoms with Crippen molar-refractivity contribution in [1.82, 2.24) is 0 Å². The summed E-state index contributed by atoms with van der Waals surface area (Å²) in [4.78, 5) is 0.737. The van der Waals surface area contributed by atoms with Crippen molar-refractivity contribution in [3.05, 3.63) is 66.4 Å². The summed E-state index contributed by atoms with van der Waals surface area (Å²) in [6.07, 6.45) is 0.438. The van der Waals surface area contributed by atoms with Gasteiger partial charge in [0.25, 0.3) is 0 Å². The Bertz CT molecular complexity index is 976. The second-order valence-electron chi connectivity index (χ2n) is 6.80. The first-order valence-corrected chi connectivity index (χ1v) is 10.4. The van der Waals surface area contributed by atoms with Crippen LogP contribution < -0.4 is 4.74 Å². The third-order valence-corrected chi connectivity index (χ3v) is 5.69. The van der Waals surface area contributed by atoms with Gasteiger partial charge >= 0.3 is 6.36 Å². The predicted octanol–water partition coefficient (Wildman–Crippen LogP) is 7.86. The summed E-state index contributed by atoms with van der Waals surface area (Å²) in [5, 5.41) is 0.970. The zero-order valence-corrected chi connectivity index (χ0v) is 17.0. The van der Waals surface area contributed by atoms with Crippen LogP contribution in [0.1, 0.15) is 37.3 Å². The summed E-state index contributed by atoms with van der Waals surface area (Å²) in [5.74, 6) is -0.145. The molecule has 0 aliphatic rings. The summed E-state index contributed by atoms with van der Waals surface area (Å²) >= 11 is 1.44. The first-order chi connectivity index (χ1) is 13.9. The molecule has 0 unspecified atom stereocenters. The number of benzene rings is 2. The maximum atomic E-state index is 13.0. The molecule has 1 heterocycles. The fraction of sp³-hybridized carbons (Fsp3) is 0.304. The Labute approximate surface area is 172 Å².